The average Bonchev–Trinajstić information content (AvgIpc) is 3.26. The lowest BCUT2D eigenvalue weighted by molar-refractivity contribution is 0.306. The summed E-state index contributed by atoms with van der Waals surface area (Å²) in [4.78, 5) is 18.1. The summed E-state index contributed by atoms with van der Waals surface area (Å²) in [6.45, 7) is 3.39. The Kier molecular flexibility index (Phi) is 6.14. The lowest BCUT2D eigenvalue weighted by Crippen LogP contribution is -2.20. The average molecular weight is 469 g/mol. The Bertz CT molecular complexity index is 1550. The first-order chi connectivity index (χ1) is 17.1. The van der Waals surface area contributed by atoms with Crippen molar-refractivity contribution in [1.82, 2.24) is 14.2 Å². The van der Waals surface area contributed by atoms with Gasteiger partial charge >= 0.3 is 0 Å². The lowest BCUT2D eigenvalue weighted by Gasteiger charge is -2.10. The summed E-state index contributed by atoms with van der Waals surface area (Å²) in [6, 6.07) is 21.5. The molecule has 0 amide bonds. The second-order valence-corrected chi connectivity index (χ2v) is 8.45. The molecule has 0 aliphatic carbocycles. The standard InChI is InChI=1S/C28H28N4O3/c1-4-14-29-32-17-23(27-28(33)31(2)25-13-11-20(34-3)15-24(25)30-27)22-12-10-21(16-26(22)32)35-18-19-8-6-5-7-9-19/h5-13,15-17,29H,4,14,18H2,1-3H3. The molecular weight excluding hydrogens is 440 g/mol. The van der Waals surface area contributed by atoms with Gasteiger partial charge in [-0.2, -0.15) is 0 Å². The molecule has 7 heteroatoms. The molecule has 178 valence electrons. The maximum atomic E-state index is 13.3. The van der Waals surface area contributed by atoms with Crippen LogP contribution >= 0.6 is 0 Å². The van der Waals surface area contributed by atoms with Crippen LogP contribution in [-0.4, -0.2) is 27.9 Å². The van der Waals surface area contributed by atoms with Gasteiger partial charge in [-0.25, -0.2) is 4.98 Å². The van der Waals surface area contributed by atoms with Gasteiger partial charge in [-0.1, -0.05) is 37.3 Å². The van der Waals surface area contributed by atoms with Crippen molar-refractivity contribution in [1.29, 1.82) is 0 Å². The molecule has 0 saturated carbocycles. The number of methoxy groups -OCH3 is 1. The molecule has 0 radical (unpaired) electrons. The summed E-state index contributed by atoms with van der Waals surface area (Å²) >= 11 is 0. The monoisotopic (exact) mass is 468 g/mol. The number of hydrogen-bond acceptors (Lipinski definition) is 5. The highest BCUT2D eigenvalue weighted by molar-refractivity contribution is 5.96. The fraction of sp³-hybridized carbons (Fsp3) is 0.214. The zero-order chi connectivity index (χ0) is 24.4. The summed E-state index contributed by atoms with van der Waals surface area (Å²) in [7, 11) is 3.39. The summed E-state index contributed by atoms with van der Waals surface area (Å²) in [5, 5.41) is 0.924. The number of ether oxygens (including phenoxy) is 2. The third-order valence-corrected chi connectivity index (χ3v) is 6.10. The first-order valence-electron chi connectivity index (χ1n) is 11.7. The highest BCUT2D eigenvalue weighted by Gasteiger charge is 2.18. The minimum atomic E-state index is -0.151. The van der Waals surface area contributed by atoms with Crippen LogP contribution in [0.25, 0.3) is 33.2 Å². The van der Waals surface area contributed by atoms with Crippen LogP contribution in [0.3, 0.4) is 0 Å². The number of benzene rings is 3. The second-order valence-electron chi connectivity index (χ2n) is 8.45. The van der Waals surface area contributed by atoms with Gasteiger partial charge in [-0.05, 0) is 36.2 Å². The predicted molar refractivity (Wildman–Crippen MR) is 140 cm³/mol. The largest absolute Gasteiger partial charge is 0.497 e. The minimum Gasteiger partial charge on any atom is -0.497 e. The first kappa shape index (κ1) is 22.5. The molecule has 2 aromatic heterocycles. The molecule has 0 aliphatic heterocycles. The lowest BCUT2D eigenvalue weighted by atomic mass is 10.1. The van der Waals surface area contributed by atoms with E-state index < -0.39 is 0 Å². The molecule has 5 rings (SSSR count). The summed E-state index contributed by atoms with van der Waals surface area (Å²) in [5.74, 6) is 1.46. The van der Waals surface area contributed by atoms with Crippen molar-refractivity contribution in [2.75, 3.05) is 19.1 Å². The number of fused-ring (bicyclic) bond motifs is 2. The molecule has 3 aromatic carbocycles. The van der Waals surface area contributed by atoms with E-state index in [0.29, 0.717) is 23.6 Å². The van der Waals surface area contributed by atoms with E-state index in [-0.39, 0.29) is 5.56 Å². The van der Waals surface area contributed by atoms with Gasteiger partial charge in [0.25, 0.3) is 5.56 Å². The van der Waals surface area contributed by atoms with E-state index in [0.717, 1.165) is 46.3 Å². The zero-order valence-corrected chi connectivity index (χ0v) is 20.1. The fourth-order valence-electron chi connectivity index (χ4n) is 4.20. The highest BCUT2D eigenvalue weighted by Crippen LogP contribution is 2.31. The van der Waals surface area contributed by atoms with E-state index in [4.69, 9.17) is 14.5 Å². The third-order valence-electron chi connectivity index (χ3n) is 6.10. The van der Waals surface area contributed by atoms with Crippen LogP contribution in [0.4, 0.5) is 0 Å². The topological polar surface area (TPSA) is 70.3 Å². The Hall–Kier alpha value is -4.26. The van der Waals surface area contributed by atoms with E-state index in [1.54, 1.807) is 18.7 Å². The SMILES string of the molecule is CCCNn1cc(-c2nc3cc(OC)ccc3n(C)c2=O)c2ccc(OCc3ccccc3)cc21. The normalized spacial score (nSPS) is 11.2. The summed E-state index contributed by atoms with van der Waals surface area (Å²) in [6.07, 6.45) is 2.91. The molecule has 0 aliphatic rings. The number of rotatable bonds is 8. The van der Waals surface area contributed by atoms with E-state index in [9.17, 15) is 4.79 Å². The molecule has 0 spiro atoms. The zero-order valence-electron chi connectivity index (χ0n) is 20.1. The van der Waals surface area contributed by atoms with Gasteiger partial charge in [0.1, 0.15) is 23.8 Å². The molecule has 0 bridgehead atoms. The number of nitrogens with zero attached hydrogens (tertiary/aromatic N) is 3. The van der Waals surface area contributed by atoms with Crippen molar-refractivity contribution in [3.05, 3.63) is 88.8 Å². The highest BCUT2D eigenvalue weighted by atomic mass is 16.5. The summed E-state index contributed by atoms with van der Waals surface area (Å²) in [5.41, 5.74) is 7.92. The minimum absolute atomic E-state index is 0.151. The van der Waals surface area contributed by atoms with Crippen LogP contribution in [0.1, 0.15) is 18.9 Å². The Morgan fingerprint density at radius 3 is 2.54 bits per heavy atom. The van der Waals surface area contributed by atoms with Gasteiger partial charge in [-0.3, -0.25) is 9.47 Å². The van der Waals surface area contributed by atoms with Gasteiger partial charge < -0.3 is 19.5 Å². The van der Waals surface area contributed by atoms with Gasteiger partial charge in [0, 0.05) is 42.9 Å². The Morgan fingerprint density at radius 2 is 1.77 bits per heavy atom. The van der Waals surface area contributed by atoms with Crippen LogP contribution < -0.4 is 20.5 Å². The Balaban J connectivity index is 1.61. The second kappa shape index (κ2) is 9.54. The number of nitrogens with one attached hydrogen (secondary N) is 1. The van der Waals surface area contributed by atoms with E-state index in [1.807, 2.05) is 77.6 Å². The van der Waals surface area contributed by atoms with E-state index in [2.05, 4.69) is 12.3 Å². The Morgan fingerprint density at radius 1 is 0.971 bits per heavy atom. The van der Waals surface area contributed by atoms with Crippen LogP contribution in [0.15, 0.2) is 77.7 Å². The van der Waals surface area contributed by atoms with Gasteiger partial charge in [0.15, 0.2) is 0 Å². The predicted octanol–water partition coefficient (Wildman–Crippen LogP) is 5.10. The fourth-order valence-corrected chi connectivity index (χ4v) is 4.20. The van der Waals surface area contributed by atoms with Crippen molar-refractivity contribution in [3.8, 4) is 22.8 Å². The smallest absolute Gasteiger partial charge is 0.277 e. The van der Waals surface area contributed by atoms with Crippen molar-refractivity contribution in [2.45, 2.75) is 20.0 Å². The van der Waals surface area contributed by atoms with Gasteiger partial charge in [-0.15, -0.1) is 0 Å². The number of aromatic nitrogens is 3. The van der Waals surface area contributed by atoms with E-state index in [1.165, 1.54) is 0 Å². The third kappa shape index (κ3) is 4.33. The first-order valence-corrected chi connectivity index (χ1v) is 11.7. The van der Waals surface area contributed by atoms with Crippen LogP contribution in [0.5, 0.6) is 11.5 Å². The number of aryl methyl sites for hydroxylation is 1. The summed E-state index contributed by atoms with van der Waals surface area (Å²) < 4.78 is 15.0. The van der Waals surface area contributed by atoms with Gasteiger partial charge in [0.05, 0.1) is 23.7 Å². The maximum absolute atomic E-state index is 13.3. The molecule has 0 atom stereocenters. The van der Waals surface area contributed by atoms with Crippen molar-refractivity contribution in [3.63, 3.8) is 0 Å². The Labute approximate surface area is 203 Å². The molecule has 35 heavy (non-hydrogen) atoms. The van der Waals surface area contributed by atoms with Crippen molar-refractivity contribution < 1.29 is 9.47 Å². The number of hydrogen-bond donors (Lipinski definition) is 1. The molecule has 0 fully saturated rings. The van der Waals surface area contributed by atoms with Crippen LogP contribution in [0, 0.1) is 0 Å². The van der Waals surface area contributed by atoms with Crippen molar-refractivity contribution >= 4 is 21.9 Å². The quantitative estimate of drug-likeness (QED) is 0.343. The molecule has 0 saturated heterocycles. The van der Waals surface area contributed by atoms with Crippen LogP contribution in [0.2, 0.25) is 0 Å². The molecule has 5 aromatic rings. The molecular formula is C28H28N4O3. The molecule has 2 heterocycles. The molecule has 7 nitrogen and oxygen atoms in total. The van der Waals surface area contributed by atoms with Crippen LogP contribution in [-0.2, 0) is 13.7 Å². The van der Waals surface area contributed by atoms with Crippen molar-refractivity contribution in [2.24, 2.45) is 7.05 Å². The maximum Gasteiger partial charge on any atom is 0.277 e. The molecule has 0 unspecified atom stereocenters. The molecule has 1 N–H and O–H groups in total. The van der Waals surface area contributed by atoms with E-state index >= 15 is 0 Å². The van der Waals surface area contributed by atoms with Gasteiger partial charge in [0.2, 0.25) is 0 Å².